The Labute approximate surface area is 166 Å². The number of nitrogens with one attached hydrogen (secondary N) is 2. The molecule has 1 aliphatic heterocycles. The molecule has 2 heterocycles. The summed E-state index contributed by atoms with van der Waals surface area (Å²) in [6.07, 6.45) is 3.41. The average Bonchev–Trinajstić information content (AvgIpc) is 2.98. The quantitative estimate of drug-likeness (QED) is 0.772. The Hall–Kier alpha value is -2.38. The molecule has 2 N–H and O–H groups in total. The molecular weight excluding hydrogens is 358 g/mol. The first kappa shape index (κ1) is 20.4. The molecule has 0 unspecified atom stereocenters. The second-order valence-corrected chi connectivity index (χ2v) is 9.01. The van der Waals surface area contributed by atoms with E-state index in [-0.39, 0.29) is 17.9 Å². The van der Waals surface area contributed by atoms with Crippen molar-refractivity contribution in [2.24, 2.45) is 11.3 Å². The highest BCUT2D eigenvalue weighted by Crippen LogP contribution is 2.47. The predicted octanol–water partition coefficient (Wildman–Crippen LogP) is 2.96. The van der Waals surface area contributed by atoms with Gasteiger partial charge in [-0.15, -0.1) is 0 Å². The molecular formula is C20H31N5O3. The highest BCUT2D eigenvalue weighted by molar-refractivity contribution is 5.85. The number of hydrazine groups is 1. The normalized spacial score (nSPS) is 24.5. The molecule has 1 aromatic rings. The van der Waals surface area contributed by atoms with Gasteiger partial charge in [-0.25, -0.2) is 14.8 Å². The number of nitrogens with zero attached hydrogens (tertiary/aromatic N) is 3. The Morgan fingerprint density at radius 3 is 2.54 bits per heavy atom. The number of hydrogen-bond donors (Lipinski definition) is 2. The summed E-state index contributed by atoms with van der Waals surface area (Å²) in [4.78, 5) is 36.0. The predicted molar refractivity (Wildman–Crippen MR) is 105 cm³/mol. The van der Waals surface area contributed by atoms with Gasteiger partial charge in [-0.1, -0.05) is 12.8 Å². The van der Waals surface area contributed by atoms with E-state index in [1.807, 2.05) is 40.7 Å². The van der Waals surface area contributed by atoms with Crippen molar-refractivity contribution in [2.45, 2.75) is 65.9 Å². The van der Waals surface area contributed by atoms with Crippen LogP contribution in [0.3, 0.4) is 0 Å². The van der Waals surface area contributed by atoms with E-state index in [1.54, 1.807) is 4.90 Å². The van der Waals surface area contributed by atoms with Crippen LogP contribution >= 0.6 is 0 Å². The molecule has 8 heteroatoms. The van der Waals surface area contributed by atoms with Gasteiger partial charge in [-0.2, -0.15) is 0 Å². The number of likely N-dealkylation sites (tertiary alicyclic amines) is 1. The summed E-state index contributed by atoms with van der Waals surface area (Å²) in [5.41, 5.74) is 6.16. The zero-order valence-corrected chi connectivity index (χ0v) is 17.5. The summed E-state index contributed by atoms with van der Waals surface area (Å²) in [7, 11) is 0. The van der Waals surface area contributed by atoms with E-state index in [0.29, 0.717) is 19.0 Å². The molecule has 0 radical (unpaired) electrons. The van der Waals surface area contributed by atoms with E-state index in [4.69, 9.17) is 4.74 Å². The maximum absolute atomic E-state index is 13.2. The summed E-state index contributed by atoms with van der Waals surface area (Å²) in [6.45, 7) is 10.3. The molecule has 28 heavy (non-hydrogen) atoms. The largest absolute Gasteiger partial charge is 0.444 e. The lowest BCUT2D eigenvalue weighted by Gasteiger charge is -2.36. The number of anilines is 1. The fourth-order valence-corrected chi connectivity index (χ4v) is 4.31. The van der Waals surface area contributed by atoms with E-state index in [2.05, 4.69) is 20.8 Å². The summed E-state index contributed by atoms with van der Waals surface area (Å²) in [5.74, 6) is 0.401. The fraction of sp³-hybridized carbons (Fsp3) is 0.700. The van der Waals surface area contributed by atoms with Crippen LogP contribution in [0.2, 0.25) is 0 Å². The maximum Gasteiger partial charge on any atom is 0.410 e. The molecule has 154 valence electrons. The number of aryl methyl sites for hydroxylation is 2. The molecule has 3 rings (SSSR count). The number of aromatic nitrogens is 2. The van der Waals surface area contributed by atoms with Crippen molar-refractivity contribution in [3.8, 4) is 0 Å². The average molecular weight is 390 g/mol. The van der Waals surface area contributed by atoms with Crippen LogP contribution in [0.5, 0.6) is 0 Å². The van der Waals surface area contributed by atoms with Crippen molar-refractivity contribution in [2.75, 3.05) is 18.5 Å². The third-order valence-corrected chi connectivity index (χ3v) is 5.49. The Balaban J connectivity index is 1.71. The van der Waals surface area contributed by atoms with Crippen LogP contribution in [0, 0.1) is 25.2 Å². The molecule has 1 aromatic heterocycles. The number of carbonyl (C=O) groups is 2. The molecule has 2 atom stereocenters. The SMILES string of the molecule is Cc1cc(C)nc(NNC(=O)[C@@]23CCCC[C@H]2CN(C(=O)OC(C)(C)C)C3)n1. The van der Waals surface area contributed by atoms with E-state index < -0.39 is 11.0 Å². The van der Waals surface area contributed by atoms with Gasteiger partial charge in [-0.3, -0.25) is 15.6 Å². The summed E-state index contributed by atoms with van der Waals surface area (Å²) >= 11 is 0. The molecule has 8 nitrogen and oxygen atoms in total. The lowest BCUT2D eigenvalue weighted by atomic mass is 9.68. The fourth-order valence-electron chi connectivity index (χ4n) is 4.31. The molecule has 2 aliphatic rings. The minimum absolute atomic E-state index is 0.106. The highest BCUT2D eigenvalue weighted by atomic mass is 16.6. The third kappa shape index (κ3) is 4.36. The first-order valence-electron chi connectivity index (χ1n) is 9.96. The number of rotatable bonds is 3. The lowest BCUT2D eigenvalue weighted by molar-refractivity contribution is -0.133. The van der Waals surface area contributed by atoms with Gasteiger partial charge in [0, 0.05) is 24.5 Å². The zero-order chi connectivity index (χ0) is 20.5. The van der Waals surface area contributed by atoms with Crippen LogP contribution in [-0.4, -0.2) is 45.6 Å². The zero-order valence-electron chi connectivity index (χ0n) is 17.5. The summed E-state index contributed by atoms with van der Waals surface area (Å²) in [6, 6.07) is 1.87. The van der Waals surface area contributed by atoms with Gasteiger partial charge >= 0.3 is 6.09 Å². The molecule has 1 aliphatic carbocycles. The maximum atomic E-state index is 13.2. The van der Waals surface area contributed by atoms with Crippen molar-refractivity contribution in [3.63, 3.8) is 0 Å². The number of fused-ring (bicyclic) bond motifs is 1. The monoisotopic (exact) mass is 389 g/mol. The van der Waals surface area contributed by atoms with E-state index in [1.165, 1.54) is 0 Å². The number of hydrogen-bond acceptors (Lipinski definition) is 6. The van der Waals surface area contributed by atoms with Crippen molar-refractivity contribution in [3.05, 3.63) is 17.5 Å². The first-order valence-corrected chi connectivity index (χ1v) is 9.96. The summed E-state index contributed by atoms with van der Waals surface area (Å²) in [5, 5.41) is 0. The minimum atomic E-state index is -0.596. The molecule has 1 saturated heterocycles. The van der Waals surface area contributed by atoms with E-state index >= 15 is 0 Å². The number of ether oxygens (including phenoxy) is 1. The molecule has 0 aromatic carbocycles. The van der Waals surface area contributed by atoms with Crippen molar-refractivity contribution < 1.29 is 14.3 Å². The van der Waals surface area contributed by atoms with Gasteiger partial charge in [0.1, 0.15) is 5.60 Å². The van der Waals surface area contributed by atoms with Crippen LogP contribution in [0.1, 0.15) is 57.8 Å². The minimum Gasteiger partial charge on any atom is -0.444 e. The third-order valence-electron chi connectivity index (χ3n) is 5.49. The second-order valence-electron chi connectivity index (χ2n) is 9.01. The molecule has 0 bridgehead atoms. The van der Waals surface area contributed by atoms with Crippen LogP contribution in [0.15, 0.2) is 6.07 Å². The lowest BCUT2D eigenvalue weighted by Crippen LogP contribution is -2.50. The Kier molecular flexibility index (Phi) is 5.50. The van der Waals surface area contributed by atoms with Gasteiger partial charge in [0.25, 0.3) is 0 Å². The second kappa shape index (κ2) is 7.56. The van der Waals surface area contributed by atoms with Crippen molar-refractivity contribution >= 4 is 17.9 Å². The van der Waals surface area contributed by atoms with Gasteiger partial charge in [-0.05, 0) is 59.4 Å². The highest BCUT2D eigenvalue weighted by Gasteiger charge is 2.54. The number of amides is 2. The molecule has 1 saturated carbocycles. The van der Waals surface area contributed by atoms with Crippen molar-refractivity contribution in [1.82, 2.24) is 20.3 Å². The molecule has 2 amide bonds. The first-order chi connectivity index (χ1) is 13.1. The van der Waals surface area contributed by atoms with Crippen LogP contribution in [0.25, 0.3) is 0 Å². The summed E-state index contributed by atoms with van der Waals surface area (Å²) < 4.78 is 5.53. The molecule has 0 spiro atoms. The van der Waals surface area contributed by atoms with Gasteiger partial charge in [0.05, 0.1) is 5.41 Å². The van der Waals surface area contributed by atoms with E-state index in [9.17, 15) is 9.59 Å². The smallest absolute Gasteiger partial charge is 0.410 e. The Morgan fingerprint density at radius 1 is 1.21 bits per heavy atom. The Morgan fingerprint density at radius 2 is 1.89 bits per heavy atom. The van der Waals surface area contributed by atoms with Gasteiger partial charge in [0.15, 0.2) is 0 Å². The Bertz CT molecular complexity index is 740. The van der Waals surface area contributed by atoms with Crippen LogP contribution in [0.4, 0.5) is 10.7 Å². The van der Waals surface area contributed by atoms with Gasteiger partial charge in [0.2, 0.25) is 11.9 Å². The van der Waals surface area contributed by atoms with E-state index in [0.717, 1.165) is 37.1 Å². The topological polar surface area (TPSA) is 96.5 Å². The van der Waals surface area contributed by atoms with Gasteiger partial charge < -0.3 is 9.64 Å². The van der Waals surface area contributed by atoms with Crippen molar-refractivity contribution in [1.29, 1.82) is 0 Å². The molecule has 2 fully saturated rings. The standard InChI is InChI=1S/C20H31N5O3/c1-13-10-14(2)22-17(21-13)24-23-16(26)20-9-7-6-8-15(20)11-25(12-20)18(27)28-19(3,4)5/h10,15H,6-9,11-12H2,1-5H3,(H,23,26)(H,21,22,24)/t15-,20+/m0/s1. The van der Waals surface area contributed by atoms with Crippen LogP contribution < -0.4 is 10.9 Å². The van der Waals surface area contributed by atoms with Crippen LogP contribution in [-0.2, 0) is 9.53 Å². The number of carbonyl (C=O) groups excluding carboxylic acids is 2.